The zero-order valence-electron chi connectivity index (χ0n) is 18.7. The molecule has 8 heteroatoms. The molecule has 2 aromatic rings. The summed E-state index contributed by atoms with van der Waals surface area (Å²) in [7, 11) is 2.16. The minimum Gasteiger partial charge on any atom is -0.357 e. The van der Waals surface area contributed by atoms with E-state index in [9.17, 15) is 4.39 Å². The first kappa shape index (κ1) is 25.3. The molecule has 0 radical (unpaired) electrons. The first-order chi connectivity index (χ1) is 14.6. The van der Waals surface area contributed by atoms with Crippen LogP contribution in [0.5, 0.6) is 0 Å². The third kappa shape index (κ3) is 7.60. The first-order valence-corrected chi connectivity index (χ1v) is 10.7. The summed E-state index contributed by atoms with van der Waals surface area (Å²) in [4.78, 5) is 14.1. The van der Waals surface area contributed by atoms with E-state index in [-0.39, 0.29) is 29.8 Å². The van der Waals surface area contributed by atoms with E-state index in [1.807, 2.05) is 25.3 Å². The van der Waals surface area contributed by atoms with Crippen molar-refractivity contribution < 1.29 is 4.39 Å². The number of nitrogens with zero attached hydrogens (tertiary/aromatic N) is 4. The molecule has 0 unspecified atom stereocenters. The van der Waals surface area contributed by atoms with Crippen molar-refractivity contribution in [1.29, 1.82) is 0 Å². The van der Waals surface area contributed by atoms with Crippen LogP contribution in [-0.2, 0) is 13.0 Å². The lowest BCUT2D eigenvalue weighted by Gasteiger charge is -2.34. The fourth-order valence-corrected chi connectivity index (χ4v) is 3.62. The Morgan fingerprint density at radius 2 is 1.90 bits per heavy atom. The fraction of sp³-hybridized carbons (Fsp3) is 0.478. The number of pyridine rings is 1. The molecule has 0 saturated carbocycles. The van der Waals surface area contributed by atoms with Crippen LogP contribution >= 0.6 is 24.0 Å². The molecule has 1 aliphatic heterocycles. The standard InChI is InChI=1S/C23H33FN6.HI/c1-4-25-23(27-11-9-19-7-8-21(24)16-18(19)2)28-17-20-6-5-10-26-22(20)30-14-12-29(3)13-15-30;/h5-8,10,16H,4,9,11-15,17H2,1-3H3,(H2,25,27,28);1H. The highest BCUT2D eigenvalue weighted by molar-refractivity contribution is 14.0. The van der Waals surface area contributed by atoms with Gasteiger partial charge in [-0.2, -0.15) is 0 Å². The molecule has 0 aliphatic carbocycles. The number of aromatic nitrogens is 1. The van der Waals surface area contributed by atoms with Crippen LogP contribution in [0.3, 0.4) is 0 Å². The van der Waals surface area contributed by atoms with Gasteiger partial charge in [0.2, 0.25) is 0 Å². The van der Waals surface area contributed by atoms with E-state index in [0.29, 0.717) is 6.54 Å². The topological polar surface area (TPSA) is 55.8 Å². The molecule has 2 heterocycles. The van der Waals surface area contributed by atoms with Crippen molar-refractivity contribution in [2.45, 2.75) is 26.8 Å². The number of aliphatic imine (C=N–C) groups is 1. The molecule has 1 aromatic carbocycles. The van der Waals surface area contributed by atoms with Gasteiger partial charge in [-0.15, -0.1) is 24.0 Å². The Kier molecular flexibility index (Phi) is 10.5. The number of guanidine groups is 1. The maximum absolute atomic E-state index is 13.3. The van der Waals surface area contributed by atoms with Crippen LogP contribution in [0.15, 0.2) is 41.5 Å². The van der Waals surface area contributed by atoms with Crippen molar-refractivity contribution in [3.05, 3.63) is 59.0 Å². The van der Waals surface area contributed by atoms with E-state index in [1.165, 1.54) is 6.07 Å². The number of benzene rings is 1. The number of piperazine rings is 1. The Morgan fingerprint density at radius 3 is 2.61 bits per heavy atom. The van der Waals surface area contributed by atoms with Gasteiger partial charge in [0.15, 0.2) is 5.96 Å². The van der Waals surface area contributed by atoms with Gasteiger partial charge in [0.05, 0.1) is 6.54 Å². The monoisotopic (exact) mass is 540 g/mol. The third-order valence-electron chi connectivity index (χ3n) is 5.41. The summed E-state index contributed by atoms with van der Waals surface area (Å²) in [5.41, 5.74) is 3.25. The van der Waals surface area contributed by atoms with E-state index >= 15 is 0 Å². The van der Waals surface area contributed by atoms with Crippen molar-refractivity contribution in [3.63, 3.8) is 0 Å². The number of anilines is 1. The van der Waals surface area contributed by atoms with Crippen molar-refractivity contribution in [3.8, 4) is 0 Å². The van der Waals surface area contributed by atoms with Crippen LogP contribution in [0, 0.1) is 12.7 Å². The predicted molar refractivity (Wildman–Crippen MR) is 137 cm³/mol. The van der Waals surface area contributed by atoms with Gasteiger partial charge in [-0.05, 0) is 56.6 Å². The molecular formula is C23H34FIN6. The highest BCUT2D eigenvalue weighted by atomic mass is 127. The van der Waals surface area contributed by atoms with E-state index in [0.717, 1.165) is 74.2 Å². The number of aryl methyl sites for hydroxylation is 1. The molecule has 6 nitrogen and oxygen atoms in total. The normalized spacial score (nSPS) is 14.8. The highest BCUT2D eigenvalue weighted by Gasteiger charge is 2.17. The van der Waals surface area contributed by atoms with E-state index < -0.39 is 0 Å². The Labute approximate surface area is 202 Å². The van der Waals surface area contributed by atoms with Crippen LogP contribution in [0.25, 0.3) is 0 Å². The lowest BCUT2D eigenvalue weighted by Crippen LogP contribution is -2.45. The molecule has 3 rings (SSSR count). The second kappa shape index (κ2) is 12.8. The Hall–Kier alpha value is -1.94. The minimum absolute atomic E-state index is 0. The van der Waals surface area contributed by atoms with Crippen LogP contribution in [0.1, 0.15) is 23.6 Å². The number of hydrogen-bond acceptors (Lipinski definition) is 4. The number of nitrogens with one attached hydrogen (secondary N) is 2. The molecule has 1 fully saturated rings. The predicted octanol–water partition coefficient (Wildman–Crippen LogP) is 3.20. The van der Waals surface area contributed by atoms with Crippen molar-refractivity contribution in [2.24, 2.45) is 4.99 Å². The smallest absolute Gasteiger partial charge is 0.191 e. The summed E-state index contributed by atoms with van der Waals surface area (Å²) >= 11 is 0. The zero-order chi connectivity index (χ0) is 21.3. The average Bonchev–Trinajstić information content (AvgIpc) is 2.74. The molecule has 170 valence electrons. The summed E-state index contributed by atoms with van der Waals surface area (Å²) in [6, 6.07) is 9.03. The molecule has 1 saturated heterocycles. The SMILES string of the molecule is CCNC(=NCc1cccnc1N1CCN(C)CC1)NCCc1ccc(F)cc1C.I. The summed E-state index contributed by atoms with van der Waals surface area (Å²) in [5.74, 6) is 1.63. The van der Waals surface area contributed by atoms with E-state index in [1.54, 1.807) is 6.07 Å². The van der Waals surface area contributed by atoms with Crippen LogP contribution in [-0.4, -0.2) is 62.2 Å². The number of hydrogen-bond donors (Lipinski definition) is 2. The van der Waals surface area contributed by atoms with Gasteiger partial charge in [0.1, 0.15) is 11.6 Å². The summed E-state index contributed by atoms with van der Waals surface area (Å²) < 4.78 is 13.3. The van der Waals surface area contributed by atoms with E-state index in [2.05, 4.69) is 45.5 Å². The summed E-state index contributed by atoms with van der Waals surface area (Å²) in [6.07, 6.45) is 2.67. The van der Waals surface area contributed by atoms with Crippen LogP contribution < -0.4 is 15.5 Å². The van der Waals surface area contributed by atoms with Gasteiger partial charge >= 0.3 is 0 Å². The molecule has 0 spiro atoms. The van der Waals surface area contributed by atoms with Crippen LogP contribution in [0.4, 0.5) is 10.2 Å². The van der Waals surface area contributed by atoms with Crippen molar-refractivity contribution >= 4 is 35.8 Å². The lowest BCUT2D eigenvalue weighted by atomic mass is 10.1. The average molecular weight is 540 g/mol. The Morgan fingerprint density at radius 1 is 1.13 bits per heavy atom. The molecular weight excluding hydrogens is 506 g/mol. The highest BCUT2D eigenvalue weighted by Crippen LogP contribution is 2.19. The van der Waals surface area contributed by atoms with E-state index in [4.69, 9.17) is 4.99 Å². The first-order valence-electron chi connectivity index (χ1n) is 10.7. The lowest BCUT2D eigenvalue weighted by molar-refractivity contribution is 0.312. The number of halogens is 2. The van der Waals surface area contributed by atoms with Gasteiger partial charge in [-0.25, -0.2) is 14.4 Å². The van der Waals surface area contributed by atoms with Gasteiger partial charge < -0.3 is 20.4 Å². The Balaban J connectivity index is 0.00000341. The molecule has 2 N–H and O–H groups in total. The molecule has 0 atom stereocenters. The molecule has 0 amide bonds. The second-order valence-electron chi connectivity index (χ2n) is 7.72. The maximum Gasteiger partial charge on any atom is 0.191 e. The van der Waals surface area contributed by atoms with Crippen LogP contribution in [0.2, 0.25) is 0 Å². The second-order valence-corrected chi connectivity index (χ2v) is 7.72. The van der Waals surface area contributed by atoms with Gasteiger partial charge in [0.25, 0.3) is 0 Å². The minimum atomic E-state index is -0.188. The third-order valence-corrected chi connectivity index (χ3v) is 5.41. The largest absolute Gasteiger partial charge is 0.357 e. The number of likely N-dealkylation sites (N-methyl/N-ethyl adjacent to an activating group) is 1. The molecule has 1 aromatic heterocycles. The van der Waals surface area contributed by atoms with Crippen molar-refractivity contribution in [1.82, 2.24) is 20.5 Å². The van der Waals surface area contributed by atoms with Gasteiger partial charge in [0, 0.05) is 51.0 Å². The molecule has 0 bridgehead atoms. The fourth-order valence-electron chi connectivity index (χ4n) is 3.62. The molecule has 31 heavy (non-hydrogen) atoms. The molecule has 1 aliphatic rings. The summed E-state index contributed by atoms with van der Waals surface area (Å²) in [5, 5.41) is 6.70. The summed E-state index contributed by atoms with van der Waals surface area (Å²) in [6.45, 7) is 10.2. The Bertz CT molecular complexity index is 852. The van der Waals surface area contributed by atoms with Gasteiger partial charge in [-0.3, -0.25) is 0 Å². The maximum atomic E-state index is 13.3. The zero-order valence-corrected chi connectivity index (χ0v) is 21.0. The van der Waals surface area contributed by atoms with Crippen molar-refractivity contribution in [2.75, 3.05) is 51.2 Å². The quantitative estimate of drug-likeness (QED) is 0.321. The van der Waals surface area contributed by atoms with Gasteiger partial charge in [-0.1, -0.05) is 12.1 Å². The number of rotatable bonds is 7.